The van der Waals surface area contributed by atoms with Gasteiger partial charge in [-0.15, -0.1) is 12.4 Å². The van der Waals surface area contributed by atoms with Gasteiger partial charge in [-0.1, -0.05) is 54.4 Å². The molecule has 0 unspecified atom stereocenters. The molecule has 2 heterocycles. The molecule has 0 radical (unpaired) electrons. The summed E-state index contributed by atoms with van der Waals surface area (Å²) in [5.41, 5.74) is 2.95. The number of para-hydroxylation sites is 1. The number of benzene rings is 3. The Morgan fingerprint density at radius 3 is 2.37 bits per heavy atom. The molecule has 0 aromatic heterocycles. The van der Waals surface area contributed by atoms with Crippen molar-refractivity contribution in [2.45, 2.75) is 50.1 Å². The number of fused-ring (bicyclic) bond motifs is 1. The Balaban J connectivity index is 0.00000336. The van der Waals surface area contributed by atoms with E-state index in [1.807, 2.05) is 67.6 Å². The molecular formula is C30H37ClN2O4S. The topological polar surface area (TPSA) is 59.1 Å². The fraction of sp³-hybridized carbons (Fsp3) is 0.400. The largest absolute Gasteiger partial charge is 0.492 e. The van der Waals surface area contributed by atoms with E-state index in [-0.39, 0.29) is 31.6 Å². The molecule has 0 spiro atoms. The Hall–Kier alpha value is -2.58. The zero-order valence-electron chi connectivity index (χ0n) is 21.9. The summed E-state index contributed by atoms with van der Waals surface area (Å²) in [6.07, 6.45) is 4.44. The standard InChI is InChI=1S/C30H36N2O4S.ClH/c1-24-9-15-29(16-10-24)37(33,34)32-22-26-7-3-4-8-30(26)36-23-27(32)21-25-11-13-28(14-12-25)35-20-19-31-17-5-2-6-18-31;/h3-4,7-16,27H,2,5-6,17-23H2,1H3;1H/t27-;/m0./s1. The van der Waals surface area contributed by atoms with Gasteiger partial charge in [0.15, 0.2) is 0 Å². The van der Waals surface area contributed by atoms with Crippen LogP contribution in [0.25, 0.3) is 0 Å². The van der Waals surface area contributed by atoms with Gasteiger partial charge in [-0.05, 0) is 75.2 Å². The van der Waals surface area contributed by atoms with E-state index in [9.17, 15) is 8.42 Å². The van der Waals surface area contributed by atoms with Crippen molar-refractivity contribution in [1.29, 1.82) is 0 Å². The first-order chi connectivity index (χ1) is 18.0. The van der Waals surface area contributed by atoms with Crippen LogP contribution in [-0.4, -0.2) is 56.5 Å². The van der Waals surface area contributed by atoms with E-state index >= 15 is 0 Å². The normalized spacial score (nSPS) is 18.5. The first kappa shape index (κ1) is 28.4. The van der Waals surface area contributed by atoms with Gasteiger partial charge in [0.25, 0.3) is 0 Å². The second-order valence-corrected chi connectivity index (χ2v) is 11.9. The molecule has 0 aliphatic carbocycles. The number of aryl methyl sites for hydroxylation is 1. The second kappa shape index (κ2) is 13.0. The van der Waals surface area contributed by atoms with Crippen molar-refractivity contribution in [3.8, 4) is 11.5 Å². The average molecular weight is 557 g/mol. The van der Waals surface area contributed by atoms with Crippen LogP contribution in [0.15, 0.2) is 77.7 Å². The lowest BCUT2D eigenvalue weighted by Crippen LogP contribution is -2.43. The summed E-state index contributed by atoms with van der Waals surface area (Å²) < 4.78 is 41.3. The van der Waals surface area contributed by atoms with E-state index in [1.165, 1.54) is 19.3 Å². The van der Waals surface area contributed by atoms with E-state index < -0.39 is 10.0 Å². The van der Waals surface area contributed by atoms with E-state index in [4.69, 9.17) is 9.47 Å². The third-order valence-corrected chi connectivity index (χ3v) is 9.20. The molecule has 8 heteroatoms. The zero-order valence-corrected chi connectivity index (χ0v) is 23.6. The predicted molar refractivity (Wildman–Crippen MR) is 153 cm³/mol. The van der Waals surface area contributed by atoms with E-state index in [0.717, 1.165) is 47.8 Å². The molecule has 1 saturated heterocycles. The maximum atomic E-state index is 13.8. The molecule has 0 N–H and O–H groups in total. The van der Waals surface area contributed by atoms with Crippen LogP contribution in [0.3, 0.4) is 0 Å². The van der Waals surface area contributed by atoms with Crippen molar-refractivity contribution in [1.82, 2.24) is 9.21 Å². The molecule has 3 aromatic rings. The van der Waals surface area contributed by atoms with Crippen LogP contribution in [0.4, 0.5) is 0 Å². The van der Waals surface area contributed by atoms with Gasteiger partial charge in [0.1, 0.15) is 24.7 Å². The summed E-state index contributed by atoms with van der Waals surface area (Å²) in [7, 11) is -3.72. The molecule has 5 rings (SSSR count). The minimum absolute atomic E-state index is 0. The van der Waals surface area contributed by atoms with Gasteiger partial charge >= 0.3 is 0 Å². The Bertz CT molecular complexity index is 1280. The lowest BCUT2D eigenvalue weighted by atomic mass is 10.1. The maximum absolute atomic E-state index is 13.8. The van der Waals surface area contributed by atoms with Gasteiger partial charge in [0.05, 0.1) is 10.9 Å². The first-order valence-electron chi connectivity index (χ1n) is 13.2. The Labute approximate surface area is 233 Å². The molecule has 6 nitrogen and oxygen atoms in total. The fourth-order valence-corrected chi connectivity index (χ4v) is 6.69. The van der Waals surface area contributed by atoms with Gasteiger partial charge in [-0.25, -0.2) is 8.42 Å². The molecule has 1 fully saturated rings. The van der Waals surface area contributed by atoms with Crippen LogP contribution >= 0.6 is 12.4 Å². The second-order valence-electron chi connectivity index (χ2n) is 10.0. The Morgan fingerprint density at radius 2 is 1.63 bits per heavy atom. The molecule has 204 valence electrons. The van der Waals surface area contributed by atoms with Gasteiger partial charge in [0, 0.05) is 18.7 Å². The molecular weight excluding hydrogens is 520 g/mol. The number of hydrogen-bond acceptors (Lipinski definition) is 5. The van der Waals surface area contributed by atoms with E-state index in [2.05, 4.69) is 4.90 Å². The van der Waals surface area contributed by atoms with Crippen molar-refractivity contribution in [3.05, 3.63) is 89.5 Å². The van der Waals surface area contributed by atoms with Crippen LogP contribution < -0.4 is 9.47 Å². The van der Waals surface area contributed by atoms with E-state index in [0.29, 0.717) is 17.9 Å². The highest BCUT2D eigenvalue weighted by Crippen LogP contribution is 2.31. The first-order valence-corrected chi connectivity index (χ1v) is 14.7. The summed E-state index contributed by atoms with van der Waals surface area (Å²) >= 11 is 0. The summed E-state index contributed by atoms with van der Waals surface area (Å²) in [4.78, 5) is 2.77. The van der Waals surface area contributed by atoms with Gasteiger partial charge < -0.3 is 9.47 Å². The van der Waals surface area contributed by atoms with E-state index in [1.54, 1.807) is 16.4 Å². The number of piperidine rings is 1. The molecule has 38 heavy (non-hydrogen) atoms. The summed E-state index contributed by atoms with van der Waals surface area (Å²) in [5, 5.41) is 0. The maximum Gasteiger partial charge on any atom is 0.243 e. The SMILES string of the molecule is Cc1ccc(S(=O)(=O)N2Cc3ccccc3OC[C@@H]2Cc2ccc(OCCN3CCCCC3)cc2)cc1.Cl. The van der Waals surface area contributed by atoms with Crippen LogP contribution in [0, 0.1) is 6.92 Å². The zero-order chi connectivity index (χ0) is 25.7. The highest BCUT2D eigenvalue weighted by Gasteiger charge is 2.35. The third-order valence-electron chi connectivity index (χ3n) is 7.28. The number of hydrogen-bond donors (Lipinski definition) is 0. The van der Waals surface area contributed by atoms with Crippen LogP contribution in [0.1, 0.15) is 36.0 Å². The smallest absolute Gasteiger partial charge is 0.243 e. The lowest BCUT2D eigenvalue weighted by molar-refractivity contribution is 0.183. The molecule has 2 aliphatic rings. The molecule has 2 aliphatic heterocycles. The Morgan fingerprint density at radius 1 is 0.921 bits per heavy atom. The van der Waals surface area contributed by atoms with Crippen molar-refractivity contribution >= 4 is 22.4 Å². The quantitative estimate of drug-likeness (QED) is 0.368. The summed E-state index contributed by atoms with van der Waals surface area (Å²) in [6.45, 7) is 6.47. The molecule has 1 atom stereocenters. The molecule has 3 aromatic carbocycles. The van der Waals surface area contributed by atoms with Gasteiger partial charge in [0.2, 0.25) is 10.0 Å². The highest BCUT2D eigenvalue weighted by molar-refractivity contribution is 7.89. The number of halogens is 1. The van der Waals surface area contributed by atoms with Crippen LogP contribution in [-0.2, 0) is 23.0 Å². The molecule has 0 bridgehead atoms. The molecule has 0 amide bonds. The lowest BCUT2D eigenvalue weighted by Gasteiger charge is -2.28. The average Bonchev–Trinajstić information content (AvgIpc) is 3.11. The van der Waals surface area contributed by atoms with Crippen LogP contribution in [0.2, 0.25) is 0 Å². The summed E-state index contributed by atoms with van der Waals surface area (Å²) in [6, 6.07) is 22.4. The predicted octanol–water partition coefficient (Wildman–Crippen LogP) is 5.48. The highest BCUT2D eigenvalue weighted by atomic mass is 35.5. The molecule has 0 saturated carbocycles. The van der Waals surface area contributed by atoms with Gasteiger partial charge in [-0.2, -0.15) is 4.31 Å². The minimum atomic E-state index is -3.72. The number of nitrogens with zero attached hydrogens (tertiary/aromatic N) is 2. The number of rotatable bonds is 8. The van der Waals surface area contributed by atoms with Crippen molar-refractivity contribution < 1.29 is 17.9 Å². The van der Waals surface area contributed by atoms with Crippen LogP contribution in [0.5, 0.6) is 11.5 Å². The van der Waals surface area contributed by atoms with Crippen molar-refractivity contribution in [2.75, 3.05) is 32.8 Å². The van der Waals surface area contributed by atoms with Gasteiger partial charge in [-0.3, -0.25) is 4.90 Å². The number of sulfonamides is 1. The van der Waals surface area contributed by atoms with Crippen molar-refractivity contribution in [2.24, 2.45) is 0 Å². The third kappa shape index (κ3) is 6.89. The summed E-state index contributed by atoms with van der Waals surface area (Å²) in [5.74, 6) is 1.58. The monoisotopic (exact) mass is 556 g/mol. The van der Waals surface area contributed by atoms with Crippen molar-refractivity contribution in [3.63, 3.8) is 0 Å². The minimum Gasteiger partial charge on any atom is -0.492 e. The Kier molecular flexibility index (Phi) is 9.71. The number of ether oxygens (including phenoxy) is 2. The fourth-order valence-electron chi connectivity index (χ4n) is 5.10. The number of likely N-dealkylation sites (tertiary alicyclic amines) is 1.